The van der Waals surface area contributed by atoms with Crippen molar-refractivity contribution in [1.82, 2.24) is 4.98 Å². The van der Waals surface area contributed by atoms with Crippen LogP contribution in [0.1, 0.15) is 25.3 Å². The average molecular weight is 151 g/mol. The predicted octanol–water partition coefficient (Wildman–Crippen LogP) is 2.21. The Morgan fingerprint density at radius 1 is 1.45 bits per heavy atom. The van der Waals surface area contributed by atoms with Gasteiger partial charge in [-0.15, -0.1) is 0 Å². The fraction of sp³-hybridized carbons (Fsp3) is 0.444. The summed E-state index contributed by atoms with van der Waals surface area (Å²) in [6.07, 6.45) is 3.59. The molecule has 0 fully saturated rings. The summed E-state index contributed by atoms with van der Waals surface area (Å²) in [6.45, 7) is 4.25. The molecule has 2 heteroatoms. The van der Waals surface area contributed by atoms with Gasteiger partial charge < -0.3 is 4.74 Å². The van der Waals surface area contributed by atoms with E-state index < -0.39 is 0 Å². The zero-order valence-corrected chi connectivity index (χ0v) is 7.16. The standard InChI is InChI=1S/C9H13NO/c1-7(2)8-6-10-5-4-9(8)11-3/h4-7H,1-3H3. The van der Waals surface area contributed by atoms with Gasteiger partial charge in [0.1, 0.15) is 5.75 Å². The Morgan fingerprint density at radius 3 is 2.64 bits per heavy atom. The maximum absolute atomic E-state index is 5.17. The lowest BCUT2D eigenvalue weighted by molar-refractivity contribution is 0.407. The lowest BCUT2D eigenvalue weighted by Gasteiger charge is -2.09. The van der Waals surface area contributed by atoms with Crippen LogP contribution < -0.4 is 4.74 Å². The maximum Gasteiger partial charge on any atom is 0.125 e. The van der Waals surface area contributed by atoms with E-state index in [-0.39, 0.29) is 0 Å². The van der Waals surface area contributed by atoms with Crippen molar-refractivity contribution >= 4 is 0 Å². The van der Waals surface area contributed by atoms with Crippen molar-refractivity contribution in [2.45, 2.75) is 19.8 Å². The van der Waals surface area contributed by atoms with E-state index in [2.05, 4.69) is 18.8 Å². The van der Waals surface area contributed by atoms with E-state index in [1.54, 1.807) is 13.3 Å². The molecule has 0 unspecified atom stereocenters. The topological polar surface area (TPSA) is 22.1 Å². The summed E-state index contributed by atoms with van der Waals surface area (Å²) >= 11 is 0. The monoisotopic (exact) mass is 151 g/mol. The molecule has 0 radical (unpaired) electrons. The van der Waals surface area contributed by atoms with Gasteiger partial charge in [0.2, 0.25) is 0 Å². The lowest BCUT2D eigenvalue weighted by Crippen LogP contribution is -1.94. The van der Waals surface area contributed by atoms with Crippen LogP contribution in [-0.4, -0.2) is 12.1 Å². The Morgan fingerprint density at radius 2 is 2.18 bits per heavy atom. The van der Waals surface area contributed by atoms with Crippen LogP contribution in [-0.2, 0) is 0 Å². The zero-order valence-electron chi connectivity index (χ0n) is 7.16. The third-order valence-electron chi connectivity index (χ3n) is 1.65. The minimum atomic E-state index is 0.471. The van der Waals surface area contributed by atoms with Crippen LogP contribution in [0.2, 0.25) is 0 Å². The second-order valence-electron chi connectivity index (χ2n) is 2.77. The summed E-state index contributed by atoms with van der Waals surface area (Å²) in [5.74, 6) is 1.40. The number of aromatic nitrogens is 1. The second-order valence-corrected chi connectivity index (χ2v) is 2.77. The molecule has 1 aromatic rings. The number of nitrogens with zero attached hydrogens (tertiary/aromatic N) is 1. The van der Waals surface area contributed by atoms with E-state index in [0.29, 0.717) is 5.92 Å². The molecule has 0 saturated heterocycles. The molecule has 60 valence electrons. The fourth-order valence-electron chi connectivity index (χ4n) is 1.01. The van der Waals surface area contributed by atoms with Gasteiger partial charge in [0.05, 0.1) is 7.11 Å². The maximum atomic E-state index is 5.17. The van der Waals surface area contributed by atoms with Gasteiger partial charge in [-0.3, -0.25) is 4.98 Å². The van der Waals surface area contributed by atoms with E-state index in [1.807, 2.05) is 12.3 Å². The van der Waals surface area contributed by atoms with Gasteiger partial charge in [0, 0.05) is 18.0 Å². The molecule has 0 spiro atoms. The Balaban J connectivity index is 3.02. The highest BCUT2D eigenvalue weighted by Crippen LogP contribution is 2.23. The molecule has 11 heavy (non-hydrogen) atoms. The van der Waals surface area contributed by atoms with Crippen molar-refractivity contribution in [3.63, 3.8) is 0 Å². The summed E-state index contributed by atoms with van der Waals surface area (Å²) < 4.78 is 5.17. The van der Waals surface area contributed by atoms with Gasteiger partial charge >= 0.3 is 0 Å². The molecule has 0 amide bonds. The van der Waals surface area contributed by atoms with Crippen molar-refractivity contribution < 1.29 is 4.74 Å². The summed E-state index contributed by atoms with van der Waals surface area (Å²) in [7, 11) is 1.68. The highest BCUT2D eigenvalue weighted by atomic mass is 16.5. The Kier molecular flexibility index (Phi) is 2.47. The Hall–Kier alpha value is -1.05. The quantitative estimate of drug-likeness (QED) is 0.646. The molecule has 0 aliphatic carbocycles. The first kappa shape index (κ1) is 8.05. The molecule has 2 nitrogen and oxygen atoms in total. The fourth-order valence-corrected chi connectivity index (χ4v) is 1.01. The molecule has 0 aliphatic rings. The van der Waals surface area contributed by atoms with Crippen LogP contribution in [0.4, 0.5) is 0 Å². The third kappa shape index (κ3) is 1.70. The summed E-state index contributed by atoms with van der Waals surface area (Å²) in [6, 6.07) is 1.88. The van der Waals surface area contributed by atoms with E-state index in [0.717, 1.165) is 11.3 Å². The minimum Gasteiger partial charge on any atom is -0.496 e. The van der Waals surface area contributed by atoms with Crippen molar-refractivity contribution in [2.75, 3.05) is 7.11 Å². The smallest absolute Gasteiger partial charge is 0.125 e. The summed E-state index contributed by atoms with van der Waals surface area (Å²) in [5.41, 5.74) is 1.16. The molecular formula is C9H13NO. The molecule has 1 aromatic heterocycles. The molecule has 1 rings (SSSR count). The Labute approximate surface area is 67.2 Å². The van der Waals surface area contributed by atoms with Crippen LogP contribution >= 0.6 is 0 Å². The largest absolute Gasteiger partial charge is 0.496 e. The number of hydrogen-bond donors (Lipinski definition) is 0. The SMILES string of the molecule is COc1ccncc1C(C)C. The first-order chi connectivity index (χ1) is 5.25. The molecule has 0 N–H and O–H groups in total. The molecule has 0 aromatic carbocycles. The highest BCUT2D eigenvalue weighted by Gasteiger charge is 2.04. The molecule has 0 atom stereocenters. The van der Waals surface area contributed by atoms with E-state index in [1.165, 1.54) is 0 Å². The predicted molar refractivity (Wildman–Crippen MR) is 44.9 cm³/mol. The van der Waals surface area contributed by atoms with Gasteiger partial charge in [-0.1, -0.05) is 13.8 Å². The van der Waals surface area contributed by atoms with Gasteiger partial charge in [0.15, 0.2) is 0 Å². The van der Waals surface area contributed by atoms with Crippen LogP contribution in [0.5, 0.6) is 5.75 Å². The van der Waals surface area contributed by atoms with Crippen molar-refractivity contribution in [3.05, 3.63) is 24.0 Å². The van der Waals surface area contributed by atoms with Gasteiger partial charge in [-0.05, 0) is 12.0 Å². The van der Waals surface area contributed by atoms with Crippen LogP contribution in [0.3, 0.4) is 0 Å². The van der Waals surface area contributed by atoms with Crippen molar-refractivity contribution in [3.8, 4) is 5.75 Å². The Bertz CT molecular complexity index is 233. The van der Waals surface area contributed by atoms with Gasteiger partial charge in [0.25, 0.3) is 0 Å². The third-order valence-corrected chi connectivity index (χ3v) is 1.65. The number of hydrogen-bond acceptors (Lipinski definition) is 2. The number of ether oxygens (including phenoxy) is 1. The van der Waals surface area contributed by atoms with E-state index >= 15 is 0 Å². The molecule has 0 saturated carbocycles. The number of pyridine rings is 1. The van der Waals surface area contributed by atoms with Gasteiger partial charge in [-0.25, -0.2) is 0 Å². The minimum absolute atomic E-state index is 0.471. The highest BCUT2D eigenvalue weighted by molar-refractivity contribution is 5.32. The zero-order chi connectivity index (χ0) is 8.27. The lowest BCUT2D eigenvalue weighted by atomic mass is 10.1. The molecular weight excluding hydrogens is 138 g/mol. The average Bonchev–Trinajstić information content (AvgIpc) is 2.04. The van der Waals surface area contributed by atoms with Crippen LogP contribution in [0, 0.1) is 0 Å². The molecule has 1 heterocycles. The normalized spacial score (nSPS) is 10.2. The molecule has 0 aliphatic heterocycles. The van der Waals surface area contributed by atoms with E-state index in [9.17, 15) is 0 Å². The first-order valence-corrected chi connectivity index (χ1v) is 3.73. The first-order valence-electron chi connectivity index (χ1n) is 3.73. The van der Waals surface area contributed by atoms with Crippen molar-refractivity contribution in [1.29, 1.82) is 0 Å². The number of rotatable bonds is 2. The van der Waals surface area contributed by atoms with Crippen LogP contribution in [0.25, 0.3) is 0 Å². The van der Waals surface area contributed by atoms with Crippen LogP contribution in [0.15, 0.2) is 18.5 Å². The summed E-state index contributed by atoms with van der Waals surface area (Å²) in [4.78, 5) is 4.03. The second kappa shape index (κ2) is 3.37. The van der Waals surface area contributed by atoms with Gasteiger partial charge in [-0.2, -0.15) is 0 Å². The molecule has 0 bridgehead atoms. The summed E-state index contributed by atoms with van der Waals surface area (Å²) in [5, 5.41) is 0. The van der Waals surface area contributed by atoms with Crippen molar-refractivity contribution in [2.24, 2.45) is 0 Å². The van der Waals surface area contributed by atoms with E-state index in [4.69, 9.17) is 4.74 Å². The number of methoxy groups -OCH3 is 1.